The maximum atomic E-state index is 12.2. The van der Waals surface area contributed by atoms with Gasteiger partial charge in [0, 0.05) is 38.6 Å². The first-order valence-electron chi connectivity index (χ1n) is 6.36. The molecule has 19 heavy (non-hydrogen) atoms. The average molecular weight is 284 g/mol. The normalized spacial score (nSPS) is 15.7. The topological polar surface area (TPSA) is 74.3 Å². The zero-order valence-corrected chi connectivity index (χ0v) is 12.1. The van der Waals surface area contributed by atoms with E-state index in [-0.39, 0.29) is 4.90 Å². The standard InChI is InChI=1S/C12H20N4O2S/c1-13-11-5-6-14-9-12(11)19(17,18)15-7-8-16(2)10-3-4-10/h5-6,9-10,15H,3-4,7-8H2,1-2H3,(H,13,14). The number of aromatic nitrogens is 1. The van der Waals surface area contributed by atoms with Crippen LogP contribution in [0, 0.1) is 0 Å². The number of nitrogens with one attached hydrogen (secondary N) is 2. The molecule has 2 rings (SSSR count). The zero-order chi connectivity index (χ0) is 13.9. The molecule has 0 radical (unpaired) electrons. The number of hydrogen-bond donors (Lipinski definition) is 2. The molecule has 0 aliphatic heterocycles. The van der Waals surface area contributed by atoms with Crippen LogP contribution in [0.2, 0.25) is 0 Å². The van der Waals surface area contributed by atoms with Crippen molar-refractivity contribution in [2.45, 2.75) is 23.8 Å². The number of nitrogens with zero attached hydrogens (tertiary/aromatic N) is 2. The van der Waals surface area contributed by atoms with Crippen molar-refractivity contribution < 1.29 is 8.42 Å². The highest BCUT2D eigenvalue weighted by Crippen LogP contribution is 2.24. The van der Waals surface area contributed by atoms with Crippen molar-refractivity contribution in [2.75, 3.05) is 32.5 Å². The number of rotatable bonds is 7. The Morgan fingerprint density at radius 1 is 1.47 bits per heavy atom. The van der Waals surface area contributed by atoms with Crippen LogP contribution in [0.15, 0.2) is 23.4 Å². The maximum Gasteiger partial charge on any atom is 0.244 e. The molecule has 0 saturated heterocycles. The summed E-state index contributed by atoms with van der Waals surface area (Å²) in [5.74, 6) is 0. The van der Waals surface area contributed by atoms with E-state index >= 15 is 0 Å². The van der Waals surface area contributed by atoms with Crippen LogP contribution in [-0.2, 0) is 10.0 Å². The lowest BCUT2D eigenvalue weighted by atomic mass is 10.4. The Morgan fingerprint density at radius 2 is 2.21 bits per heavy atom. The molecule has 0 amide bonds. The summed E-state index contributed by atoms with van der Waals surface area (Å²) in [7, 11) is 0.207. The third kappa shape index (κ3) is 3.65. The second-order valence-electron chi connectivity index (χ2n) is 4.73. The molecule has 1 heterocycles. The van der Waals surface area contributed by atoms with Crippen molar-refractivity contribution in [3.8, 4) is 0 Å². The second-order valence-corrected chi connectivity index (χ2v) is 6.47. The minimum atomic E-state index is -3.51. The number of anilines is 1. The SMILES string of the molecule is CNc1ccncc1S(=O)(=O)NCCN(C)C1CC1. The first-order chi connectivity index (χ1) is 9.04. The van der Waals surface area contributed by atoms with Crippen molar-refractivity contribution >= 4 is 15.7 Å². The van der Waals surface area contributed by atoms with Gasteiger partial charge in [-0.05, 0) is 26.0 Å². The fourth-order valence-electron chi connectivity index (χ4n) is 1.93. The molecule has 0 spiro atoms. The van der Waals surface area contributed by atoms with Crippen molar-refractivity contribution in [3.05, 3.63) is 18.5 Å². The lowest BCUT2D eigenvalue weighted by Gasteiger charge is -2.16. The number of likely N-dealkylation sites (N-methyl/N-ethyl adjacent to an activating group) is 1. The van der Waals surface area contributed by atoms with Crippen LogP contribution in [0.1, 0.15) is 12.8 Å². The van der Waals surface area contributed by atoms with Crippen molar-refractivity contribution in [1.29, 1.82) is 0 Å². The highest BCUT2D eigenvalue weighted by atomic mass is 32.2. The van der Waals surface area contributed by atoms with Gasteiger partial charge in [0.2, 0.25) is 10.0 Å². The lowest BCUT2D eigenvalue weighted by Crippen LogP contribution is -2.34. The molecular formula is C12H20N4O2S. The van der Waals surface area contributed by atoms with Gasteiger partial charge >= 0.3 is 0 Å². The largest absolute Gasteiger partial charge is 0.387 e. The van der Waals surface area contributed by atoms with E-state index in [9.17, 15) is 8.42 Å². The van der Waals surface area contributed by atoms with Gasteiger partial charge in [-0.15, -0.1) is 0 Å². The van der Waals surface area contributed by atoms with Crippen molar-refractivity contribution in [2.24, 2.45) is 0 Å². The number of sulfonamides is 1. The third-order valence-corrected chi connectivity index (χ3v) is 4.76. The highest BCUT2D eigenvalue weighted by Gasteiger charge is 2.26. The van der Waals surface area contributed by atoms with E-state index in [1.54, 1.807) is 19.3 Å². The average Bonchev–Trinajstić information content (AvgIpc) is 3.22. The van der Waals surface area contributed by atoms with Gasteiger partial charge in [0.15, 0.2) is 0 Å². The van der Waals surface area contributed by atoms with Gasteiger partial charge in [0.05, 0.1) is 5.69 Å². The van der Waals surface area contributed by atoms with E-state index < -0.39 is 10.0 Å². The first-order valence-corrected chi connectivity index (χ1v) is 7.84. The Bertz CT molecular complexity index is 528. The Morgan fingerprint density at radius 3 is 2.84 bits per heavy atom. The fraction of sp³-hybridized carbons (Fsp3) is 0.583. The van der Waals surface area contributed by atoms with Gasteiger partial charge < -0.3 is 10.2 Å². The second kappa shape index (κ2) is 5.85. The van der Waals surface area contributed by atoms with Gasteiger partial charge in [-0.2, -0.15) is 0 Å². The molecule has 106 valence electrons. The van der Waals surface area contributed by atoms with E-state index in [4.69, 9.17) is 0 Å². The van der Waals surface area contributed by atoms with Crippen molar-refractivity contribution in [1.82, 2.24) is 14.6 Å². The van der Waals surface area contributed by atoms with Crippen molar-refractivity contribution in [3.63, 3.8) is 0 Å². The van der Waals surface area contributed by atoms with Crippen LogP contribution >= 0.6 is 0 Å². The summed E-state index contributed by atoms with van der Waals surface area (Å²) >= 11 is 0. The molecule has 1 aromatic rings. The van der Waals surface area contributed by atoms with E-state index in [1.807, 2.05) is 7.05 Å². The molecule has 0 aromatic carbocycles. The van der Waals surface area contributed by atoms with E-state index in [0.717, 1.165) is 6.54 Å². The minimum absolute atomic E-state index is 0.187. The molecule has 0 atom stereocenters. The minimum Gasteiger partial charge on any atom is -0.387 e. The predicted octanol–water partition coefficient (Wildman–Crippen LogP) is 0.496. The molecule has 2 N–H and O–H groups in total. The molecular weight excluding hydrogens is 264 g/mol. The summed E-state index contributed by atoms with van der Waals surface area (Å²) in [5.41, 5.74) is 0.554. The Balaban J connectivity index is 1.97. The molecule has 0 unspecified atom stereocenters. The van der Waals surface area contributed by atoms with Crippen LogP contribution in [0.3, 0.4) is 0 Å². The number of pyridine rings is 1. The Hall–Kier alpha value is -1.18. The summed E-state index contributed by atoms with van der Waals surface area (Å²) in [5, 5.41) is 2.86. The first kappa shape index (κ1) is 14.2. The third-order valence-electron chi connectivity index (χ3n) is 3.27. The summed E-state index contributed by atoms with van der Waals surface area (Å²) in [4.78, 5) is 6.24. The summed E-state index contributed by atoms with van der Waals surface area (Å²) in [6.07, 6.45) is 5.36. The Kier molecular flexibility index (Phi) is 4.38. The Labute approximate surface area is 114 Å². The van der Waals surface area contributed by atoms with E-state index in [0.29, 0.717) is 18.3 Å². The maximum absolute atomic E-state index is 12.2. The van der Waals surface area contributed by atoms with Gasteiger partial charge in [0.25, 0.3) is 0 Å². The predicted molar refractivity (Wildman–Crippen MR) is 74.6 cm³/mol. The highest BCUT2D eigenvalue weighted by molar-refractivity contribution is 7.89. The lowest BCUT2D eigenvalue weighted by molar-refractivity contribution is 0.329. The zero-order valence-electron chi connectivity index (χ0n) is 11.3. The summed E-state index contributed by atoms with van der Waals surface area (Å²) in [6, 6.07) is 2.28. The molecule has 6 nitrogen and oxygen atoms in total. The van der Waals surface area contributed by atoms with E-state index in [1.165, 1.54) is 19.0 Å². The summed E-state index contributed by atoms with van der Waals surface area (Å²) < 4.78 is 27.0. The molecule has 1 aromatic heterocycles. The smallest absolute Gasteiger partial charge is 0.244 e. The molecule has 7 heteroatoms. The van der Waals surface area contributed by atoms with Crippen LogP contribution in [0.25, 0.3) is 0 Å². The molecule has 1 aliphatic carbocycles. The number of hydrogen-bond acceptors (Lipinski definition) is 5. The molecule has 1 fully saturated rings. The monoisotopic (exact) mass is 284 g/mol. The van der Waals surface area contributed by atoms with Crippen LogP contribution < -0.4 is 10.0 Å². The molecule has 1 saturated carbocycles. The van der Waals surface area contributed by atoms with Crippen LogP contribution in [0.4, 0.5) is 5.69 Å². The van der Waals surface area contributed by atoms with Crippen LogP contribution in [-0.4, -0.2) is 51.5 Å². The van der Waals surface area contributed by atoms with E-state index in [2.05, 4.69) is 19.9 Å². The van der Waals surface area contributed by atoms with Gasteiger partial charge in [-0.1, -0.05) is 0 Å². The van der Waals surface area contributed by atoms with Crippen LogP contribution in [0.5, 0.6) is 0 Å². The molecule has 1 aliphatic rings. The quantitative estimate of drug-likeness (QED) is 0.762. The van der Waals surface area contributed by atoms with Gasteiger partial charge in [0.1, 0.15) is 4.90 Å². The summed E-state index contributed by atoms with van der Waals surface area (Å²) in [6.45, 7) is 1.13. The van der Waals surface area contributed by atoms with Gasteiger partial charge in [-0.25, -0.2) is 13.1 Å². The van der Waals surface area contributed by atoms with Gasteiger partial charge in [-0.3, -0.25) is 4.98 Å². The molecule has 0 bridgehead atoms. The fourth-order valence-corrected chi connectivity index (χ4v) is 3.11.